The van der Waals surface area contributed by atoms with Gasteiger partial charge in [0.2, 0.25) is 11.6 Å². The van der Waals surface area contributed by atoms with Crippen LogP contribution in [0.2, 0.25) is 0 Å². The van der Waals surface area contributed by atoms with Crippen LogP contribution in [0.1, 0.15) is 48.3 Å². The number of anilines is 2. The normalized spacial score (nSPS) is 20.6. The Morgan fingerprint density at radius 2 is 1.03 bits per heavy atom. The Labute approximate surface area is 204 Å². The van der Waals surface area contributed by atoms with Crippen LogP contribution in [0, 0.1) is 0 Å². The van der Waals surface area contributed by atoms with Gasteiger partial charge >= 0.3 is 0 Å². The summed E-state index contributed by atoms with van der Waals surface area (Å²) in [5.41, 5.74) is 0.291. The number of aromatic nitrogens is 2. The highest BCUT2D eigenvalue weighted by atomic mass is 35.5. The van der Waals surface area contributed by atoms with E-state index in [9.17, 15) is 9.59 Å². The molecule has 4 heterocycles. The SMILES string of the molecule is O=C1C(Cl)=C(c2cnc(N3CCCCC3)s2)C(=O)C(Cl)=C1c1cnc(N2CCCCC2)s1. The van der Waals surface area contributed by atoms with E-state index in [0.29, 0.717) is 9.75 Å². The average molecular weight is 509 g/mol. The number of carbonyl (C=O) groups is 2. The van der Waals surface area contributed by atoms with Crippen molar-refractivity contribution in [2.75, 3.05) is 36.0 Å². The number of rotatable bonds is 4. The van der Waals surface area contributed by atoms with E-state index in [1.54, 1.807) is 12.4 Å². The van der Waals surface area contributed by atoms with Gasteiger partial charge in [0.25, 0.3) is 0 Å². The Morgan fingerprint density at radius 1 is 0.656 bits per heavy atom. The maximum Gasteiger partial charge on any atom is 0.208 e. The monoisotopic (exact) mass is 508 g/mol. The molecule has 0 aromatic carbocycles. The molecule has 2 aromatic heterocycles. The molecule has 2 aliphatic heterocycles. The fourth-order valence-electron chi connectivity index (χ4n) is 4.31. The van der Waals surface area contributed by atoms with Crippen molar-refractivity contribution >= 4 is 78.9 Å². The number of Topliss-reactive ketones (excluding diaryl/α,β-unsaturated/α-hetero) is 2. The summed E-state index contributed by atoms with van der Waals surface area (Å²) in [6.07, 6.45) is 10.2. The molecule has 0 N–H and O–H groups in total. The Balaban J connectivity index is 1.43. The number of thiazole rings is 2. The smallest absolute Gasteiger partial charge is 0.208 e. The van der Waals surface area contributed by atoms with E-state index >= 15 is 0 Å². The zero-order chi connectivity index (χ0) is 22.2. The molecule has 1 aliphatic carbocycles. The van der Waals surface area contributed by atoms with Gasteiger partial charge in [0.05, 0.1) is 20.9 Å². The standard InChI is InChI=1S/C22H22Cl2N4O2S2/c23-17-15(13-11-25-21(31-13)27-7-3-1-4-8-27)19(29)18(24)16(20(17)30)14-12-26-22(32-14)28-9-5-2-6-10-28/h11-12H,1-10H2. The van der Waals surface area contributed by atoms with Crippen LogP contribution in [0.5, 0.6) is 0 Å². The average Bonchev–Trinajstić information content (AvgIpc) is 3.50. The number of hydrogen-bond acceptors (Lipinski definition) is 8. The van der Waals surface area contributed by atoms with Crippen molar-refractivity contribution in [3.63, 3.8) is 0 Å². The number of carbonyl (C=O) groups excluding carboxylic acids is 2. The second-order valence-electron chi connectivity index (χ2n) is 8.15. The third-order valence-corrected chi connectivity index (χ3v) is 8.90. The molecule has 0 saturated carbocycles. The molecule has 0 radical (unpaired) electrons. The number of allylic oxidation sites excluding steroid dienone is 4. The zero-order valence-electron chi connectivity index (χ0n) is 17.4. The molecule has 0 bridgehead atoms. The third-order valence-electron chi connectivity index (χ3n) is 6.02. The molecule has 0 atom stereocenters. The van der Waals surface area contributed by atoms with Crippen molar-refractivity contribution in [2.24, 2.45) is 0 Å². The fraction of sp³-hybridized carbons (Fsp3) is 0.455. The molecule has 2 aromatic rings. The summed E-state index contributed by atoms with van der Waals surface area (Å²) in [4.78, 5) is 41.0. The topological polar surface area (TPSA) is 66.4 Å². The van der Waals surface area contributed by atoms with Crippen LogP contribution in [-0.2, 0) is 9.59 Å². The molecule has 32 heavy (non-hydrogen) atoms. The predicted molar refractivity (Wildman–Crippen MR) is 132 cm³/mol. The largest absolute Gasteiger partial charge is 0.348 e. The molecular formula is C22H22Cl2N4O2S2. The van der Waals surface area contributed by atoms with Gasteiger partial charge in [0, 0.05) is 38.6 Å². The summed E-state index contributed by atoms with van der Waals surface area (Å²) in [6.45, 7) is 3.79. The van der Waals surface area contributed by atoms with Crippen LogP contribution in [-0.4, -0.2) is 47.7 Å². The van der Waals surface area contributed by atoms with E-state index in [0.717, 1.165) is 62.1 Å². The second kappa shape index (κ2) is 9.25. The summed E-state index contributed by atoms with van der Waals surface area (Å²) in [7, 11) is 0. The van der Waals surface area contributed by atoms with Gasteiger partial charge in [-0.3, -0.25) is 9.59 Å². The second-order valence-corrected chi connectivity index (χ2v) is 10.9. The minimum Gasteiger partial charge on any atom is -0.348 e. The first-order valence-corrected chi connectivity index (χ1v) is 13.2. The van der Waals surface area contributed by atoms with E-state index < -0.39 is 11.6 Å². The lowest BCUT2D eigenvalue weighted by Gasteiger charge is -2.25. The first-order chi connectivity index (χ1) is 15.5. The molecule has 3 aliphatic rings. The lowest BCUT2D eigenvalue weighted by Crippen LogP contribution is -2.29. The van der Waals surface area contributed by atoms with Gasteiger partial charge in [-0.1, -0.05) is 45.9 Å². The van der Waals surface area contributed by atoms with Crippen molar-refractivity contribution in [3.8, 4) is 0 Å². The van der Waals surface area contributed by atoms with Crippen molar-refractivity contribution in [1.82, 2.24) is 9.97 Å². The zero-order valence-corrected chi connectivity index (χ0v) is 20.5. The first-order valence-electron chi connectivity index (χ1n) is 10.9. The van der Waals surface area contributed by atoms with Gasteiger partial charge in [0.1, 0.15) is 10.1 Å². The number of piperidine rings is 2. The Bertz CT molecular complexity index is 1040. The fourth-order valence-corrected chi connectivity index (χ4v) is 7.02. The molecule has 6 nitrogen and oxygen atoms in total. The quantitative estimate of drug-likeness (QED) is 0.519. The molecule has 2 saturated heterocycles. The van der Waals surface area contributed by atoms with Crippen LogP contribution in [0.4, 0.5) is 10.3 Å². The summed E-state index contributed by atoms with van der Waals surface area (Å²) < 4.78 is 0. The third kappa shape index (κ3) is 4.02. The van der Waals surface area contributed by atoms with Crippen molar-refractivity contribution < 1.29 is 9.59 Å². The number of hydrogen-bond donors (Lipinski definition) is 0. The minimum absolute atomic E-state index is 0.101. The van der Waals surface area contributed by atoms with Crippen LogP contribution >= 0.6 is 45.9 Å². The van der Waals surface area contributed by atoms with Crippen LogP contribution in [0.25, 0.3) is 11.1 Å². The van der Waals surface area contributed by atoms with Crippen LogP contribution in [0.15, 0.2) is 22.5 Å². The Kier molecular flexibility index (Phi) is 6.38. The van der Waals surface area contributed by atoms with Gasteiger partial charge in [-0.15, -0.1) is 0 Å². The highest BCUT2D eigenvalue weighted by Crippen LogP contribution is 2.43. The van der Waals surface area contributed by atoms with E-state index in [1.807, 2.05) is 0 Å². The highest BCUT2D eigenvalue weighted by molar-refractivity contribution is 7.18. The summed E-state index contributed by atoms with van der Waals surface area (Å²) in [5, 5.41) is 1.49. The Morgan fingerprint density at radius 3 is 1.41 bits per heavy atom. The maximum absolute atomic E-state index is 13.2. The van der Waals surface area contributed by atoms with Gasteiger partial charge < -0.3 is 9.80 Å². The summed E-state index contributed by atoms with van der Waals surface area (Å²) >= 11 is 15.7. The number of ketones is 2. The lowest BCUT2D eigenvalue weighted by molar-refractivity contribution is -0.113. The summed E-state index contributed by atoms with van der Waals surface area (Å²) in [5.74, 6) is -0.874. The maximum atomic E-state index is 13.2. The Hall–Kier alpha value is -1.74. The lowest BCUT2D eigenvalue weighted by atomic mass is 9.95. The van der Waals surface area contributed by atoms with Gasteiger partial charge in [-0.25, -0.2) is 9.97 Å². The van der Waals surface area contributed by atoms with E-state index in [-0.39, 0.29) is 21.2 Å². The number of halogens is 2. The van der Waals surface area contributed by atoms with E-state index in [1.165, 1.54) is 35.5 Å². The minimum atomic E-state index is -0.437. The van der Waals surface area contributed by atoms with Gasteiger partial charge in [0.15, 0.2) is 10.3 Å². The molecular weight excluding hydrogens is 487 g/mol. The van der Waals surface area contributed by atoms with E-state index in [4.69, 9.17) is 23.2 Å². The highest BCUT2D eigenvalue weighted by Gasteiger charge is 2.36. The molecule has 2 fully saturated rings. The molecule has 168 valence electrons. The van der Waals surface area contributed by atoms with Gasteiger partial charge in [-0.2, -0.15) is 0 Å². The molecule has 0 unspecified atom stereocenters. The van der Waals surface area contributed by atoms with Crippen molar-refractivity contribution in [1.29, 1.82) is 0 Å². The first kappa shape index (κ1) is 22.1. The predicted octanol–water partition coefficient (Wildman–Crippen LogP) is 5.33. The molecule has 5 rings (SSSR count). The van der Waals surface area contributed by atoms with Crippen molar-refractivity contribution in [2.45, 2.75) is 38.5 Å². The molecule has 10 heteroatoms. The van der Waals surface area contributed by atoms with Gasteiger partial charge in [-0.05, 0) is 38.5 Å². The van der Waals surface area contributed by atoms with Crippen LogP contribution in [0.3, 0.4) is 0 Å². The molecule has 0 spiro atoms. The molecule has 0 amide bonds. The van der Waals surface area contributed by atoms with Crippen molar-refractivity contribution in [3.05, 3.63) is 32.2 Å². The summed E-state index contributed by atoms with van der Waals surface area (Å²) in [6, 6.07) is 0. The number of nitrogens with zero attached hydrogens (tertiary/aromatic N) is 4. The van der Waals surface area contributed by atoms with Crippen LogP contribution < -0.4 is 9.80 Å². The van der Waals surface area contributed by atoms with E-state index in [2.05, 4.69) is 19.8 Å².